The molecule has 1 aromatic carbocycles. The van der Waals surface area contributed by atoms with Crippen molar-refractivity contribution in [2.75, 3.05) is 0 Å². The maximum atomic E-state index is 11.9. The Balaban J connectivity index is 2.19. The third-order valence-corrected chi connectivity index (χ3v) is 2.59. The molecule has 0 saturated carbocycles. The van der Waals surface area contributed by atoms with Crippen LogP contribution >= 0.6 is 0 Å². The number of aromatic amines is 1. The monoisotopic (exact) mass is 248 g/mol. The van der Waals surface area contributed by atoms with Gasteiger partial charge >= 0.3 is 5.97 Å². The van der Waals surface area contributed by atoms with Gasteiger partial charge in [-0.1, -0.05) is 6.92 Å². The van der Waals surface area contributed by atoms with Crippen molar-refractivity contribution < 1.29 is 14.7 Å². The number of carbonyl (C=O) groups is 2. The van der Waals surface area contributed by atoms with Crippen molar-refractivity contribution >= 4 is 22.9 Å². The normalized spacial score (nSPS) is 12.3. The summed E-state index contributed by atoms with van der Waals surface area (Å²) in [4.78, 5) is 22.7. The van der Waals surface area contributed by atoms with Crippen LogP contribution in [0.4, 0.5) is 0 Å². The standard InChI is InChI=1S/C11H12N4O3/c1-2-7(11(17)18)12-10(16)6-3-4-8-9(5-6)14-15-13-8/h3-5,7H,2H2,1H3,(H,12,16)(H,17,18)(H,13,14,15)/t7-/m0/s1. The summed E-state index contributed by atoms with van der Waals surface area (Å²) in [6.07, 6.45) is 0.327. The highest BCUT2D eigenvalue weighted by atomic mass is 16.4. The van der Waals surface area contributed by atoms with Crippen LogP contribution in [0.5, 0.6) is 0 Å². The second-order valence-electron chi connectivity index (χ2n) is 3.80. The summed E-state index contributed by atoms with van der Waals surface area (Å²) < 4.78 is 0. The van der Waals surface area contributed by atoms with Crippen molar-refractivity contribution in [2.24, 2.45) is 0 Å². The second kappa shape index (κ2) is 4.82. The topological polar surface area (TPSA) is 108 Å². The van der Waals surface area contributed by atoms with E-state index in [9.17, 15) is 9.59 Å². The van der Waals surface area contributed by atoms with Gasteiger partial charge < -0.3 is 10.4 Å². The second-order valence-corrected chi connectivity index (χ2v) is 3.80. The maximum absolute atomic E-state index is 11.9. The van der Waals surface area contributed by atoms with Gasteiger partial charge in [-0.05, 0) is 24.6 Å². The van der Waals surface area contributed by atoms with E-state index in [1.54, 1.807) is 25.1 Å². The summed E-state index contributed by atoms with van der Waals surface area (Å²) in [5, 5.41) is 21.5. The van der Waals surface area contributed by atoms with E-state index < -0.39 is 17.9 Å². The molecule has 7 nitrogen and oxygen atoms in total. The summed E-state index contributed by atoms with van der Waals surface area (Å²) >= 11 is 0. The SMILES string of the molecule is CC[C@H](NC(=O)c1ccc2n[nH]nc2c1)C(=O)O. The largest absolute Gasteiger partial charge is 0.480 e. The van der Waals surface area contributed by atoms with Crippen LogP contribution < -0.4 is 5.32 Å². The zero-order chi connectivity index (χ0) is 13.1. The predicted octanol–water partition coefficient (Wildman–Crippen LogP) is 0.551. The quantitative estimate of drug-likeness (QED) is 0.732. The van der Waals surface area contributed by atoms with Gasteiger partial charge in [-0.15, -0.1) is 0 Å². The Kier molecular flexibility index (Phi) is 3.22. The molecule has 1 heterocycles. The number of hydrogen-bond donors (Lipinski definition) is 3. The first kappa shape index (κ1) is 12.0. The Hall–Kier alpha value is -2.44. The van der Waals surface area contributed by atoms with Crippen molar-refractivity contribution in [3.63, 3.8) is 0 Å². The molecule has 2 aromatic rings. The Morgan fingerprint density at radius 3 is 2.78 bits per heavy atom. The Morgan fingerprint density at radius 2 is 2.11 bits per heavy atom. The van der Waals surface area contributed by atoms with Crippen molar-refractivity contribution in [1.29, 1.82) is 0 Å². The molecule has 1 amide bonds. The molecule has 3 N–H and O–H groups in total. The van der Waals surface area contributed by atoms with Crippen LogP contribution in [-0.4, -0.2) is 38.4 Å². The number of hydrogen-bond acceptors (Lipinski definition) is 4. The number of nitrogens with one attached hydrogen (secondary N) is 2. The molecule has 94 valence electrons. The fourth-order valence-corrected chi connectivity index (χ4v) is 1.56. The number of carboxylic acid groups (broad SMARTS) is 1. The zero-order valence-corrected chi connectivity index (χ0v) is 9.67. The van der Waals surface area contributed by atoms with E-state index in [0.29, 0.717) is 23.0 Å². The number of carbonyl (C=O) groups excluding carboxylic acids is 1. The molecular weight excluding hydrogens is 236 g/mol. The molecular formula is C11H12N4O3. The fraction of sp³-hybridized carbons (Fsp3) is 0.273. The van der Waals surface area contributed by atoms with Gasteiger partial charge in [0, 0.05) is 5.56 Å². The van der Waals surface area contributed by atoms with Crippen molar-refractivity contribution in [3.05, 3.63) is 23.8 Å². The van der Waals surface area contributed by atoms with Crippen LogP contribution in [0.1, 0.15) is 23.7 Å². The zero-order valence-electron chi connectivity index (χ0n) is 9.67. The Bertz CT molecular complexity index is 593. The molecule has 18 heavy (non-hydrogen) atoms. The number of H-pyrrole nitrogens is 1. The molecule has 2 rings (SSSR count). The highest BCUT2D eigenvalue weighted by Gasteiger charge is 2.18. The molecule has 0 unspecified atom stereocenters. The van der Waals surface area contributed by atoms with E-state index in [-0.39, 0.29) is 0 Å². The number of amides is 1. The summed E-state index contributed by atoms with van der Waals surface area (Å²) in [6, 6.07) is 3.90. The summed E-state index contributed by atoms with van der Waals surface area (Å²) in [5.74, 6) is -1.48. The molecule has 0 spiro atoms. The fourth-order valence-electron chi connectivity index (χ4n) is 1.56. The molecule has 0 radical (unpaired) electrons. The summed E-state index contributed by atoms with van der Waals surface area (Å²) in [5.41, 5.74) is 1.57. The lowest BCUT2D eigenvalue weighted by molar-refractivity contribution is -0.139. The summed E-state index contributed by atoms with van der Waals surface area (Å²) in [6.45, 7) is 1.69. The Morgan fingerprint density at radius 1 is 1.39 bits per heavy atom. The minimum atomic E-state index is -1.05. The highest BCUT2D eigenvalue weighted by Crippen LogP contribution is 2.10. The number of aromatic nitrogens is 3. The van der Waals surface area contributed by atoms with Crippen LogP contribution in [0, 0.1) is 0 Å². The van der Waals surface area contributed by atoms with Crippen molar-refractivity contribution in [3.8, 4) is 0 Å². The number of benzene rings is 1. The first-order chi connectivity index (χ1) is 8.61. The van der Waals surface area contributed by atoms with Crippen molar-refractivity contribution in [2.45, 2.75) is 19.4 Å². The molecule has 0 aliphatic heterocycles. The van der Waals surface area contributed by atoms with Gasteiger partial charge in [-0.3, -0.25) is 4.79 Å². The number of carboxylic acids is 1. The molecule has 0 bridgehead atoms. The van der Waals surface area contributed by atoms with Gasteiger partial charge in [-0.25, -0.2) is 4.79 Å². The van der Waals surface area contributed by atoms with Gasteiger partial charge in [-0.2, -0.15) is 15.4 Å². The molecule has 0 aliphatic rings. The molecule has 0 saturated heterocycles. The average molecular weight is 248 g/mol. The molecule has 7 heteroatoms. The average Bonchev–Trinajstić information content (AvgIpc) is 2.82. The van der Waals surface area contributed by atoms with Gasteiger partial charge in [0.25, 0.3) is 5.91 Å². The van der Waals surface area contributed by atoms with E-state index in [0.717, 1.165) is 0 Å². The third kappa shape index (κ3) is 2.29. The van der Waals surface area contributed by atoms with Gasteiger partial charge in [0.15, 0.2) is 0 Å². The van der Waals surface area contributed by atoms with Crippen molar-refractivity contribution in [1.82, 2.24) is 20.7 Å². The van der Waals surface area contributed by atoms with Gasteiger partial charge in [0.05, 0.1) is 0 Å². The Labute approximate surface area is 102 Å². The summed E-state index contributed by atoms with van der Waals surface area (Å²) in [7, 11) is 0. The predicted molar refractivity (Wildman–Crippen MR) is 63.1 cm³/mol. The van der Waals surface area contributed by atoms with E-state index in [1.807, 2.05) is 0 Å². The van der Waals surface area contributed by atoms with E-state index in [4.69, 9.17) is 5.11 Å². The lowest BCUT2D eigenvalue weighted by Gasteiger charge is -2.11. The van der Waals surface area contributed by atoms with Gasteiger partial charge in [0.1, 0.15) is 17.1 Å². The van der Waals surface area contributed by atoms with Crippen LogP contribution in [0.15, 0.2) is 18.2 Å². The number of nitrogens with zero attached hydrogens (tertiary/aromatic N) is 2. The third-order valence-electron chi connectivity index (χ3n) is 2.59. The molecule has 1 aromatic heterocycles. The lowest BCUT2D eigenvalue weighted by atomic mass is 10.1. The minimum Gasteiger partial charge on any atom is -0.480 e. The van der Waals surface area contributed by atoms with Crippen LogP contribution in [0.2, 0.25) is 0 Å². The number of fused-ring (bicyclic) bond motifs is 1. The smallest absolute Gasteiger partial charge is 0.326 e. The molecule has 0 aliphatic carbocycles. The van der Waals surface area contributed by atoms with E-state index in [1.165, 1.54) is 0 Å². The number of rotatable bonds is 4. The van der Waals surface area contributed by atoms with E-state index >= 15 is 0 Å². The molecule has 0 fully saturated rings. The molecule has 1 atom stereocenters. The van der Waals surface area contributed by atoms with Gasteiger partial charge in [0.2, 0.25) is 0 Å². The number of aliphatic carboxylic acids is 1. The van der Waals surface area contributed by atoms with Crippen LogP contribution in [-0.2, 0) is 4.79 Å². The first-order valence-electron chi connectivity index (χ1n) is 5.46. The highest BCUT2D eigenvalue weighted by molar-refractivity contribution is 5.98. The first-order valence-corrected chi connectivity index (χ1v) is 5.46. The minimum absolute atomic E-state index is 0.327. The van der Waals surface area contributed by atoms with E-state index in [2.05, 4.69) is 20.7 Å². The lowest BCUT2D eigenvalue weighted by Crippen LogP contribution is -2.40. The maximum Gasteiger partial charge on any atom is 0.326 e. The van der Waals surface area contributed by atoms with Crippen LogP contribution in [0.3, 0.4) is 0 Å². The van der Waals surface area contributed by atoms with Crippen LogP contribution in [0.25, 0.3) is 11.0 Å².